The van der Waals surface area contributed by atoms with Crippen molar-refractivity contribution >= 4 is 13.8 Å². The van der Waals surface area contributed by atoms with Crippen molar-refractivity contribution in [3.8, 4) is 11.5 Å². The summed E-state index contributed by atoms with van der Waals surface area (Å²) in [7, 11) is 0.870. The molecule has 2 aromatic carbocycles. The molecule has 0 radical (unpaired) electrons. The fourth-order valence-electron chi connectivity index (χ4n) is 4.95. The third kappa shape index (κ3) is 8.99. The Hall–Kier alpha value is -1.77. The molecule has 1 heterocycles. The summed E-state index contributed by atoms with van der Waals surface area (Å²) in [5.41, 5.74) is 4.41. The number of anilines is 1. The van der Waals surface area contributed by atoms with Gasteiger partial charge >= 0.3 is 0 Å². The maximum Gasteiger partial charge on any atom is 0.120 e. The van der Waals surface area contributed by atoms with Crippen LogP contribution in [0.3, 0.4) is 0 Å². The maximum absolute atomic E-state index is 9.77. The molecule has 0 saturated carbocycles. The van der Waals surface area contributed by atoms with Crippen LogP contribution in [0.4, 0.5) is 5.69 Å². The fourth-order valence-corrected chi connectivity index (χ4v) is 5.96. The number of nitrogens with zero attached hydrogens (tertiary/aromatic N) is 1. The van der Waals surface area contributed by atoms with Gasteiger partial charge < -0.3 is 19.3 Å². The zero-order valence-corrected chi connectivity index (χ0v) is 23.6. The van der Waals surface area contributed by atoms with Gasteiger partial charge in [-0.15, -0.1) is 0 Å². The molecule has 2 atom stereocenters. The van der Waals surface area contributed by atoms with E-state index in [1.54, 1.807) is 7.11 Å². The molecule has 1 N–H and O–H groups in total. The van der Waals surface area contributed by atoms with Gasteiger partial charge in [0.15, 0.2) is 0 Å². The summed E-state index contributed by atoms with van der Waals surface area (Å²) in [4.78, 5) is 12.3. The first-order chi connectivity index (χ1) is 16.6. The molecule has 1 aliphatic rings. The molecule has 194 valence electrons. The average Bonchev–Trinajstić information content (AvgIpc) is 2.82. The molecule has 1 aliphatic heterocycles. The van der Waals surface area contributed by atoms with Gasteiger partial charge in [-0.1, -0.05) is 45.9 Å². The minimum Gasteiger partial charge on any atom is -0.497 e. The van der Waals surface area contributed by atoms with Gasteiger partial charge in [0, 0.05) is 33.0 Å². The van der Waals surface area contributed by atoms with Crippen LogP contribution in [0.25, 0.3) is 0 Å². The molecular weight excluding hydrogens is 453 g/mol. The number of hydrogen-bond acceptors (Lipinski definition) is 4. The topological polar surface area (TPSA) is 41.9 Å². The van der Waals surface area contributed by atoms with Gasteiger partial charge in [0.05, 0.1) is 13.7 Å². The Labute approximate surface area is 214 Å². The number of hydrogen-bond donors (Lipinski definition) is 1. The molecular formula is C30H46NO3P. The normalized spacial score (nSPS) is 16.7. The van der Waals surface area contributed by atoms with Crippen LogP contribution in [0.5, 0.6) is 11.5 Å². The summed E-state index contributed by atoms with van der Waals surface area (Å²) in [6.07, 6.45) is 6.67. The lowest BCUT2D eigenvalue weighted by Gasteiger charge is -2.35. The SMILES string of the molecule is COc1ccc(CCCC(C)(C)C)c(N2CCC(COc3cccc(C(C)CP(C)O)c3)CC2)c1. The number of benzene rings is 2. The van der Waals surface area contributed by atoms with Gasteiger partial charge in [0.1, 0.15) is 11.5 Å². The van der Waals surface area contributed by atoms with Crippen molar-refractivity contribution in [2.45, 2.75) is 65.7 Å². The van der Waals surface area contributed by atoms with Crippen molar-refractivity contribution in [1.29, 1.82) is 0 Å². The van der Waals surface area contributed by atoms with Crippen molar-refractivity contribution in [2.75, 3.05) is 44.5 Å². The van der Waals surface area contributed by atoms with Crippen LogP contribution in [-0.4, -0.2) is 44.5 Å². The highest BCUT2D eigenvalue weighted by Crippen LogP contribution is 2.34. The van der Waals surface area contributed by atoms with E-state index in [1.807, 2.05) is 6.66 Å². The Balaban J connectivity index is 1.55. The van der Waals surface area contributed by atoms with E-state index < -0.39 is 8.15 Å². The molecule has 1 saturated heterocycles. The van der Waals surface area contributed by atoms with Gasteiger partial charge in [-0.3, -0.25) is 0 Å². The van der Waals surface area contributed by atoms with Crippen molar-refractivity contribution < 1.29 is 14.4 Å². The molecule has 3 rings (SSSR count). The summed E-state index contributed by atoms with van der Waals surface area (Å²) in [5, 5.41) is 0. The van der Waals surface area contributed by atoms with E-state index in [0.29, 0.717) is 17.3 Å². The van der Waals surface area contributed by atoms with Crippen molar-refractivity contribution in [3.05, 3.63) is 53.6 Å². The van der Waals surface area contributed by atoms with Gasteiger partial charge in [-0.25, -0.2) is 0 Å². The van der Waals surface area contributed by atoms with Crippen molar-refractivity contribution in [3.63, 3.8) is 0 Å². The van der Waals surface area contributed by atoms with Crippen LogP contribution in [-0.2, 0) is 6.42 Å². The Morgan fingerprint density at radius 3 is 2.49 bits per heavy atom. The summed E-state index contributed by atoms with van der Waals surface area (Å²) >= 11 is 0. The molecule has 35 heavy (non-hydrogen) atoms. The highest BCUT2D eigenvalue weighted by molar-refractivity contribution is 7.50. The van der Waals surface area contributed by atoms with E-state index in [0.717, 1.165) is 56.6 Å². The molecule has 2 unspecified atom stereocenters. The molecule has 0 spiro atoms. The number of methoxy groups -OCH3 is 1. The predicted octanol–water partition coefficient (Wildman–Crippen LogP) is 7.48. The summed E-state index contributed by atoms with van der Waals surface area (Å²) in [5.74, 6) is 2.81. The van der Waals surface area contributed by atoms with Crippen LogP contribution >= 0.6 is 8.15 Å². The van der Waals surface area contributed by atoms with E-state index >= 15 is 0 Å². The third-order valence-corrected chi connectivity index (χ3v) is 8.15. The lowest BCUT2D eigenvalue weighted by atomic mass is 9.88. The molecule has 1 fully saturated rings. The first-order valence-electron chi connectivity index (χ1n) is 13.2. The lowest BCUT2D eigenvalue weighted by Crippen LogP contribution is -2.36. The second-order valence-corrected chi connectivity index (χ2v) is 13.1. The molecule has 0 amide bonds. The summed E-state index contributed by atoms with van der Waals surface area (Å²) < 4.78 is 11.8. The van der Waals surface area contributed by atoms with E-state index in [2.05, 4.69) is 75.1 Å². The van der Waals surface area contributed by atoms with Gasteiger partial charge in [-0.05, 0) is 91.5 Å². The van der Waals surface area contributed by atoms with Crippen molar-refractivity contribution in [1.82, 2.24) is 0 Å². The smallest absolute Gasteiger partial charge is 0.120 e. The Morgan fingerprint density at radius 2 is 1.83 bits per heavy atom. The molecule has 4 nitrogen and oxygen atoms in total. The zero-order chi connectivity index (χ0) is 25.4. The van der Waals surface area contributed by atoms with Crippen LogP contribution in [0.1, 0.15) is 70.4 Å². The molecule has 0 bridgehead atoms. The van der Waals surface area contributed by atoms with E-state index in [1.165, 1.54) is 29.7 Å². The van der Waals surface area contributed by atoms with Crippen molar-refractivity contribution in [2.24, 2.45) is 11.3 Å². The van der Waals surface area contributed by atoms with E-state index in [-0.39, 0.29) is 0 Å². The van der Waals surface area contributed by atoms with Gasteiger partial charge in [0.25, 0.3) is 0 Å². The number of rotatable bonds is 11. The van der Waals surface area contributed by atoms with Crippen LogP contribution in [0.2, 0.25) is 0 Å². The molecule has 0 aromatic heterocycles. The Kier molecular flexibility index (Phi) is 10.3. The quantitative estimate of drug-likeness (QED) is 0.325. The van der Waals surface area contributed by atoms with Gasteiger partial charge in [0.2, 0.25) is 0 Å². The van der Waals surface area contributed by atoms with E-state index in [4.69, 9.17) is 9.47 Å². The minimum absolute atomic E-state index is 0.350. The van der Waals surface area contributed by atoms with Crippen LogP contribution in [0.15, 0.2) is 42.5 Å². The summed E-state index contributed by atoms with van der Waals surface area (Å²) in [6, 6.07) is 15.0. The second kappa shape index (κ2) is 13.0. The molecule has 2 aromatic rings. The zero-order valence-electron chi connectivity index (χ0n) is 22.7. The number of ether oxygens (including phenoxy) is 2. The monoisotopic (exact) mass is 499 g/mol. The van der Waals surface area contributed by atoms with Gasteiger partial charge in [-0.2, -0.15) is 0 Å². The third-order valence-electron chi connectivity index (χ3n) is 7.07. The summed E-state index contributed by atoms with van der Waals surface area (Å²) in [6.45, 7) is 13.9. The fraction of sp³-hybridized carbons (Fsp3) is 0.600. The molecule has 0 aliphatic carbocycles. The average molecular weight is 500 g/mol. The Bertz CT molecular complexity index is 916. The lowest BCUT2D eigenvalue weighted by molar-refractivity contribution is 0.222. The Morgan fingerprint density at radius 1 is 1.09 bits per heavy atom. The first-order valence-corrected chi connectivity index (χ1v) is 15.1. The number of aryl methyl sites for hydroxylation is 1. The highest BCUT2D eigenvalue weighted by atomic mass is 31.1. The standard InChI is InChI=1S/C30H46NO3P/c1-23(22-35(6)32)26-9-7-11-28(19-26)34-21-24-14-17-31(18-15-24)29-20-27(33-5)13-12-25(29)10-8-16-30(2,3)4/h7,9,11-13,19-20,23-24,32H,8,10,14-18,21-22H2,1-6H3. The minimum atomic E-state index is -0.883. The molecule has 5 heteroatoms. The second-order valence-electron chi connectivity index (χ2n) is 11.5. The first kappa shape index (κ1) is 27.8. The number of piperidine rings is 1. The van der Waals surface area contributed by atoms with Crippen LogP contribution < -0.4 is 14.4 Å². The van der Waals surface area contributed by atoms with Crippen LogP contribution in [0, 0.1) is 11.3 Å². The highest BCUT2D eigenvalue weighted by Gasteiger charge is 2.22. The largest absolute Gasteiger partial charge is 0.497 e. The predicted molar refractivity (Wildman–Crippen MR) is 151 cm³/mol. The maximum atomic E-state index is 9.77. The van der Waals surface area contributed by atoms with E-state index in [9.17, 15) is 4.89 Å².